The highest BCUT2D eigenvalue weighted by atomic mass is 16.3. The van der Waals surface area contributed by atoms with Gasteiger partial charge in [-0.1, -0.05) is 6.07 Å². The first-order chi connectivity index (χ1) is 10.3. The van der Waals surface area contributed by atoms with E-state index in [0.717, 1.165) is 0 Å². The third-order valence-corrected chi connectivity index (χ3v) is 3.58. The van der Waals surface area contributed by atoms with Crippen LogP contribution < -0.4 is 0 Å². The van der Waals surface area contributed by atoms with E-state index < -0.39 is 5.54 Å². The fourth-order valence-corrected chi connectivity index (χ4v) is 2.57. The molecule has 1 aliphatic heterocycles. The molecule has 0 bridgehead atoms. The van der Waals surface area contributed by atoms with E-state index >= 15 is 0 Å². The van der Waals surface area contributed by atoms with Crippen molar-refractivity contribution in [3.05, 3.63) is 47.2 Å². The second-order valence-corrected chi connectivity index (χ2v) is 6.20. The fourth-order valence-electron chi connectivity index (χ4n) is 2.57. The first kappa shape index (κ1) is 14.3. The Kier molecular flexibility index (Phi) is 3.02. The number of carbonyl (C=O) groups excluding carboxylic acids is 3. The van der Waals surface area contributed by atoms with Crippen molar-refractivity contribution < 1.29 is 18.8 Å². The molecule has 112 valence electrons. The lowest BCUT2D eigenvalue weighted by Crippen LogP contribution is -2.45. The van der Waals surface area contributed by atoms with E-state index in [0.29, 0.717) is 28.7 Å². The van der Waals surface area contributed by atoms with Crippen LogP contribution in [0.2, 0.25) is 0 Å². The van der Waals surface area contributed by atoms with Gasteiger partial charge in [-0.3, -0.25) is 19.3 Å². The molecule has 1 aromatic carbocycles. The maximum Gasteiger partial charge on any atom is 0.262 e. The molecule has 0 N–H and O–H groups in total. The lowest BCUT2D eigenvalue weighted by Gasteiger charge is -2.29. The summed E-state index contributed by atoms with van der Waals surface area (Å²) in [6.45, 7) is 5.45. The van der Waals surface area contributed by atoms with Crippen LogP contribution in [0.25, 0.3) is 11.3 Å². The van der Waals surface area contributed by atoms with Crippen LogP contribution in [-0.2, 0) is 0 Å². The molecule has 1 aromatic heterocycles. The van der Waals surface area contributed by atoms with Crippen LogP contribution >= 0.6 is 0 Å². The quantitative estimate of drug-likeness (QED) is 0.631. The Morgan fingerprint density at radius 2 is 1.68 bits per heavy atom. The van der Waals surface area contributed by atoms with Crippen LogP contribution in [0.1, 0.15) is 52.0 Å². The van der Waals surface area contributed by atoms with Crippen LogP contribution in [0.15, 0.2) is 34.7 Å². The SMILES string of the molecule is CC(C)(C)N1C(=O)c2ccc(-c3ccc(C=O)o3)cc2C1=O. The van der Waals surface area contributed by atoms with E-state index in [2.05, 4.69) is 0 Å². The van der Waals surface area contributed by atoms with Crippen molar-refractivity contribution in [2.24, 2.45) is 0 Å². The Morgan fingerprint density at radius 1 is 1.00 bits per heavy atom. The molecule has 0 unspecified atom stereocenters. The lowest BCUT2D eigenvalue weighted by atomic mass is 10.0. The summed E-state index contributed by atoms with van der Waals surface area (Å²) in [5.74, 6) is 0.108. The minimum Gasteiger partial charge on any atom is -0.453 e. The van der Waals surface area contributed by atoms with Gasteiger partial charge in [0.05, 0.1) is 11.1 Å². The number of fused-ring (bicyclic) bond motifs is 1. The number of amides is 2. The molecule has 0 saturated carbocycles. The van der Waals surface area contributed by atoms with Crippen LogP contribution in [0.3, 0.4) is 0 Å². The fraction of sp³-hybridized carbons (Fsp3) is 0.235. The summed E-state index contributed by atoms with van der Waals surface area (Å²) in [5.41, 5.74) is 0.832. The van der Waals surface area contributed by atoms with Crippen molar-refractivity contribution in [3.8, 4) is 11.3 Å². The van der Waals surface area contributed by atoms with Gasteiger partial charge >= 0.3 is 0 Å². The maximum atomic E-state index is 12.5. The molecular formula is C17H15NO4. The minimum absolute atomic E-state index is 0.217. The first-order valence-corrected chi connectivity index (χ1v) is 6.91. The third kappa shape index (κ3) is 2.06. The summed E-state index contributed by atoms with van der Waals surface area (Å²) in [6.07, 6.45) is 0.618. The predicted octanol–water partition coefficient (Wildman–Crippen LogP) is 3.15. The number of carbonyl (C=O) groups is 3. The number of nitrogens with zero attached hydrogens (tertiary/aromatic N) is 1. The zero-order valence-electron chi connectivity index (χ0n) is 12.5. The highest BCUT2D eigenvalue weighted by Gasteiger charge is 2.41. The molecule has 0 spiro atoms. The average Bonchev–Trinajstić information content (AvgIpc) is 3.02. The summed E-state index contributed by atoms with van der Waals surface area (Å²) < 4.78 is 5.36. The van der Waals surface area contributed by atoms with Gasteiger partial charge < -0.3 is 4.42 Å². The number of furan rings is 1. The Bertz CT molecular complexity index is 795. The molecule has 2 aromatic rings. The Morgan fingerprint density at radius 3 is 2.27 bits per heavy atom. The Hall–Kier alpha value is -2.69. The second-order valence-electron chi connectivity index (χ2n) is 6.20. The molecule has 0 radical (unpaired) electrons. The van der Waals surface area contributed by atoms with E-state index in [4.69, 9.17) is 4.42 Å². The van der Waals surface area contributed by atoms with E-state index in [1.165, 1.54) is 4.90 Å². The highest BCUT2D eigenvalue weighted by molar-refractivity contribution is 6.22. The number of hydrogen-bond acceptors (Lipinski definition) is 4. The maximum absolute atomic E-state index is 12.5. The third-order valence-electron chi connectivity index (χ3n) is 3.58. The number of imide groups is 1. The van der Waals surface area contributed by atoms with E-state index in [-0.39, 0.29) is 17.6 Å². The van der Waals surface area contributed by atoms with Gasteiger partial charge in [-0.15, -0.1) is 0 Å². The average molecular weight is 297 g/mol. The molecule has 0 atom stereocenters. The van der Waals surface area contributed by atoms with Gasteiger partial charge in [0.25, 0.3) is 11.8 Å². The van der Waals surface area contributed by atoms with Crippen molar-refractivity contribution in [3.63, 3.8) is 0 Å². The molecule has 2 amide bonds. The molecule has 0 fully saturated rings. The summed E-state index contributed by atoms with van der Waals surface area (Å²) in [6, 6.07) is 8.19. The smallest absolute Gasteiger partial charge is 0.262 e. The molecule has 22 heavy (non-hydrogen) atoms. The van der Waals surface area contributed by atoms with Gasteiger partial charge in [-0.25, -0.2) is 0 Å². The molecule has 5 nitrogen and oxygen atoms in total. The Labute approximate surface area is 127 Å². The van der Waals surface area contributed by atoms with Crippen LogP contribution in [0, 0.1) is 0 Å². The Balaban J connectivity index is 2.07. The second kappa shape index (κ2) is 4.66. The largest absolute Gasteiger partial charge is 0.453 e. The van der Waals surface area contributed by atoms with Gasteiger partial charge in [-0.2, -0.15) is 0 Å². The lowest BCUT2D eigenvalue weighted by molar-refractivity contribution is 0.0507. The van der Waals surface area contributed by atoms with Gasteiger partial charge in [0.15, 0.2) is 12.0 Å². The van der Waals surface area contributed by atoms with Crippen LogP contribution in [0.4, 0.5) is 0 Å². The number of rotatable bonds is 2. The standard InChI is InChI=1S/C17H15NO4/c1-17(2,3)18-15(20)12-6-4-10(8-13(12)16(18)21)14-7-5-11(9-19)22-14/h4-9H,1-3H3. The topological polar surface area (TPSA) is 67.6 Å². The van der Waals surface area contributed by atoms with Crippen molar-refractivity contribution in [2.45, 2.75) is 26.3 Å². The summed E-state index contributed by atoms with van der Waals surface area (Å²) >= 11 is 0. The van der Waals surface area contributed by atoms with Crippen molar-refractivity contribution in [1.29, 1.82) is 0 Å². The highest BCUT2D eigenvalue weighted by Crippen LogP contribution is 2.32. The van der Waals surface area contributed by atoms with Gasteiger partial charge in [0.1, 0.15) is 5.76 Å². The zero-order chi connectivity index (χ0) is 16.1. The van der Waals surface area contributed by atoms with E-state index in [1.54, 1.807) is 30.3 Å². The predicted molar refractivity (Wildman–Crippen MR) is 79.8 cm³/mol. The first-order valence-electron chi connectivity index (χ1n) is 6.91. The molecule has 5 heteroatoms. The van der Waals surface area contributed by atoms with E-state index in [9.17, 15) is 14.4 Å². The number of hydrogen-bond donors (Lipinski definition) is 0. The zero-order valence-corrected chi connectivity index (χ0v) is 12.5. The molecule has 0 aliphatic carbocycles. The van der Waals surface area contributed by atoms with Crippen molar-refractivity contribution in [2.75, 3.05) is 0 Å². The molecule has 2 heterocycles. The van der Waals surface area contributed by atoms with Gasteiger partial charge in [0, 0.05) is 11.1 Å². The summed E-state index contributed by atoms with van der Waals surface area (Å²) in [5, 5.41) is 0. The monoisotopic (exact) mass is 297 g/mol. The van der Waals surface area contributed by atoms with Crippen LogP contribution in [0.5, 0.6) is 0 Å². The van der Waals surface area contributed by atoms with Crippen molar-refractivity contribution in [1.82, 2.24) is 4.90 Å². The van der Waals surface area contributed by atoms with Gasteiger partial charge in [0.2, 0.25) is 0 Å². The molecule has 0 saturated heterocycles. The normalized spacial score (nSPS) is 14.4. The van der Waals surface area contributed by atoms with E-state index in [1.807, 2.05) is 20.8 Å². The number of aldehydes is 1. The molecule has 3 rings (SSSR count). The number of benzene rings is 1. The van der Waals surface area contributed by atoms with Gasteiger partial charge in [-0.05, 0) is 45.0 Å². The van der Waals surface area contributed by atoms with Crippen molar-refractivity contribution >= 4 is 18.1 Å². The van der Waals surface area contributed by atoms with Crippen LogP contribution in [-0.4, -0.2) is 28.5 Å². The summed E-state index contributed by atoms with van der Waals surface area (Å²) in [4.78, 5) is 36.9. The summed E-state index contributed by atoms with van der Waals surface area (Å²) in [7, 11) is 0. The molecular weight excluding hydrogens is 282 g/mol. The molecule has 1 aliphatic rings. The minimum atomic E-state index is -0.581.